The summed E-state index contributed by atoms with van der Waals surface area (Å²) in [5.74, 6) is 0.143. The Morgan fingerprint density at radius 2 is 2.04 bits per heavy atom. The Morgan fingerprint density at radius 3 is 2.88 bits per heavy atom. The molecule has 1 aromatic heterocycles. The van der Waals surface area contributed by atoms with Gasteiger partial charge in [-0.25, -0.2) is 9.78 Å². The number of hydrogen-bond donors (Lipinski definition) is 2. The molecule has 0 aliphatic rings. The number of aryl methyl sites for hydroxylation is 2. The standard InChI is InChI=1S/C19H21N3O2/c1-14-21-17-8-2-3-9-18(17)22(14)11-5-10-20-13-15-6-4-7-16(12-15)19(23)24/h2-4,6-9,12,20H,5,10-11,13H2,1H3,(H,23,24). The number of carboxylic acids is 1. The number of carboxylic acid groups (broad SMARTS) is 1. The van der Waals surface area contributed by atoms with Crippen molar-refractivity contribution in [2.75, 3.05) is 6.54 Å². The molecule has 2 aromatic carbocycles. The summed E-state index contributed by atoms with van der Waals surface area (Å²) in [6.45, 7) is 4.48. The van der Waals surface area contributed by atoms with Crippen LogP contribution in [0.1, 0.15) is 28.2 Å². The number of nitrogens with one attached hydrogen (secondary N) is 1. The number of aromatic carboxylic acids is 1. The number of nitrogens with zero attached hydrogens (tertiary/aromatic N) is 2. The molecule has 0 radical (unpaired) electrons. The fourth-order valence-corrected chi connectivity index (χ4v) is 2.89. The van der Waals surface area contributed by atoms with Crippen LogP contribution in [0.2, 0.25) is 0 Å². The fourth-order valence-electron chi connectivity index (χ4n) is 2.89. The normalized spacial score (nSPS) is 11.0. The van der Waals surface area contributed by atoms with Crippen LogP contribution >= 0.6 is 0 Å². The van der Waals surface area contributed by atoms with E-state index in [1.165, 1.54) is 5.52 Å². The summed E-state index contributed by atoms with van der Waals surface area (Å²) in [7, 11) is 0. The van der Waals surface area contributed by atoms with Crippen molar-refractivity contribution in [2.24, 2.45) is 0 Å². The van der Waals surface area contributed by atoms with Gasteiger partial charge in [0.2, 0.25) is 0 Å². The van der Waals surface area contributed by atoms with Gasteiger partial charge in [0.05, 0.1) is 16.6 Å². The summed E-state index contributed by atoms with van der Waals surface area (Å²) >= 11 is 0. The Kier molecular flexibility index (Phi) is 4.91. The van der Waals surface area contributed by atoms with Gasteiger partial charge in [-0.05, 0) is 49.7 Å². The monoisotopic (exact) mass is 323 g/mol. The molecule has 3 rings (SSSR count). The van der Waals surface area contributed by atoms with Crippen LogP contribution in [0.3, 0.4) is 0 Å². The third kappa shape index (κ3) is 3.63. The second-order valence-corrected chi connectivity index (χ2v) is 5.84. The topological polar surface area (TPSA) is 67.2 Å². The second kappa shape index (κ2) is 7.27. The van der Waals surface area contributed by atoms with Crippen molar-refractivity contribution in [2.45, 2.75) is 26.4 Å². The molecule has 1 heterocycles. The smallest absolute Gasteiger partial charge is 0.335 e. The Bertz CT molecular complexity index is 855. The number of aromatic nitrogens is 2. The van der Waals surface area contributed by atoms with Gasteiger partial charge >= 0.3 is 5.97 Å². The lowest BCUT2D eigenvalue weighted by Gasteiger charge is -2.08. The van der Waals surface area contributed by atoms with Crippen molar-refractivity contribution in [3.8, 4) is 0 Å². The first-order valence-electron chi connectivity index (χ1n) is 8.10. The highest BCUT2D eigenvalue weighted by Gasteiger charge is 2.06. The molecule has 0 fully saturated rings. The number of benzene rings is 2. The van der Waals surface area contributed by atoms with Crippen molar-refractivity contribution in [3.63, 3.8) is 0 Å². The zero-order chi connectivity index (χ0) is 16.9. The summed E-state index contributed by atoms with van der Waals surface area (Å²) in [5, 5.41) is 12.4. The third-order valence-corrected chi connectivity index (χ3v) is 4.08. The fraction of sp³-hybridized carbons (Fsp3) is 0.263. The van der Waals surface area contributed by atoms with E-state index in [1.54, 1.807) is 18.2 Å². The van der Waals surface area contributed by atoms with Gasteiger partial charge in [0.15, 0.2) is 0 Å². The van der Waals surface area contributed by atoms with Gasteiger partial charge in [-0.3, -0.25) is 0 Å². The molecule has 0 amide bonds. The van der Waals surface area contributed by atoms with E-state index >= 15 is 0 Å². The molecule has 0 saturated carbocycles. The van der Waals surface area contributed by atoms with E-state index in [-0.39, 0.29) is 0 Å². The molecule has 0 bridgehead atoms. The average molecular weight is 323 g/mol. The lowest BCUT2D eigenvalue weighted by atomic mass is 10.1. The number of fused-ring (bicyclic) bond motifs is 1. The lowest BCUT2D eigenvalue weighted by Crippen LogP contribution is -2.17. The molecule has 2 N–H and O–H groups in total. The molecule has 5 nitrogen and oxygen atoms in total. The molecule has 0 atom stereocenters. The highest BCUT2D eigenvalue weighted by Crippen LogP contribution is 2.15. The third-order valence-electron chi connectivity index (χ3n) is 4.08. The highest BCUT2D eigenvalue weighted by molar-refractivity contribution is 5.87. The molecule has 24 heavy (non-hydrogen) atoms. The highest BCUT2D eigenvalue weighted by atomic mass is 16.4. The van der Waals surface area contributed by atoms with E-state index in [0.717, 1.165) is 36.4 Å². The van der Waals surface area contributed by atoms with Gasteiger partial charge in [-0.15, -0.1) is 0 Å². The Labute approximate surface area is 141 Å². The van der Waals surface area contributed by atoms with Gasteiger partial charge in [0, 0.05) is 13.1 Å². The van der Waals surface area contributed by atoms with Crippen LogP contribution in [0.5, 0.6) is 0 Å². The van der Waals surface area contributed by atoms with E-state index in [4.69, 9.17) is 5.11 Å². The van der Waals surface area contributed by atoms with Gasteiger partial charge in [-0.1, -0.05) is 24.3 Å². The molecule has 0 unspecified atom stereocenters. The van der Waals surface area contributed by atoms with E-state index in [2.05, 4.69) is 20.9 Å². The summed E-state index contributed by atoms with van der Waals surface area (Å²) < 4.78 is 2.24. The quantitative estimate of drug-likeness (QED) is 0.655. The number of rotatable bonds is 7. The molecule has 3 aromatic rings. The van der Waals surface area contributed by atoms with Crippen LogP contribution in [0, 0.1) is 6.92 Å². The summed E-state index contributed by atoms with van der Waals surface area (Å²) in [5.41, 5.74) is 3.52. The van der Waals surface area contributed by atoms with Crippen LogP contribution in [0.25, 0.3) is 11.0 Å². The predicted octanol–water partition coefficient (Wildman–Crippen LogP) is 3.22. The number of para-hydroxylation sites is 2. The minimum absolute atomic E-state index is 0.329. The molecular weight excluding hydrogens is 302 g/mol. The van der Waals surface area contributed by atoms with E-state index in [9.17, 15) is 4.79 Å². The van der Waals surface area contributed by atoms with E-state index in [0.29, 0.717) is 12.1 Å². The molecule has 0 aliphatic heterocycles. The molecular formula is C19H21N3O2. The second-order valence-electron chi connectivity index (χ2n) is 5.84. The van der Waals surface area contributed by atoms with Crippen molar-refractivity contribution >= 4 is 17.0 Å². The van der Waals surface area contributed by atoms with Crippen molar-refractivity contribution in [1.82, 2.24) is 14.9 Å². The maximum atomic E-state index is 11.0. The summed E-state index contributed by atoms with van der Waals surface area (Å²) in [6.07, 6.45) is 0.986. The zero-order valence-corrected chi connectivity index (χ0v) is 13.7. The molecule has 0 saturated heterocycles. The number of hydrogen-bond acceptors (Lipinski definition) is 3. The minimum atomic E-state index is -0.890. The van der Waals surface area contributed by atoms with Gasteiger partial charge < -0.3 is 15.0 Å². The van der Waals surface area contributed by atoms with Crippen LogP contribution in [-0.2, 0) is 13.1 Å². The molecule has 5 heteroatoms. The van der Waals surface area contributed by atoms with Gasteiger partial charge in [0.1, 0.15) is 5.82 Å². The summed E-state index contributed by atoms with van der Waals surface area (Å²) in [4.78, 5) is 15.5. The minimum Gasteiger partial charge on any atom is -0.478 e. The van der Waals surface area contributed by atoms with Crippen molar-refractivity contribution < 1.29 is 9.90 Å². The Balaban J connectivity index is 1.51. The van der Waals surface area contributed by atoms with E-state index < -0.39 is 5.97 Å². The molecule has 0 aliphatic carbocycles. The lowest BCUT2D eigenvalue weighted by molar-refractivity contribution is 0.0696. The maximum Gasteiger partial charge on any atom is 0.335 e. The molecule has 124 valence electrons. The largest absolute Gasteiger partial charge is 0.478 e. The Hall–Kier alpha value is -2.66. The Morgan fingerprint density at radius 1 is 1.21 bits per heavy atom. The average Bonchev–Trinajstić information content (AvgIpc) is 2.90. The number of imidazole rings is 1. The number of carbonyl (C=O) groups is 1. The zero-order valence-electron chi connectivity index (χ0n) is 13.7. The van der Waals surface area contributed by atoms with Crippen LogP contribution in [0.15, 0.2) is 48.5 Å². The first-order valence-corrected chi connectivity index (χ1v) is 8.10. The van der Waals surface area contributed by atoms with Gasteiger partial charge in [0.25, 0.3) is 0 Å². The van der Waals surface area contributed by atoms with Crippen LogP contribution in [0.4, 0.5) is 0 Å². The SMILES string of the molecule is Cc1nc2ccccc2n1CCCNCc1cccc(C(=O)O)c1. The van der Waals surface area contributed by atoms with Crippen LogP contribution in [-0.4, -0.2) is 27.2 Å². The first kappa shape index (κ1) is 16.2. The maximum absolute atomic E-state index is 11.0. The predicted molar refractivity (Wildman–Crippen MR) is 94.2 cm³/mol. The van der Waals surface area contributed by atoms with Crippen molar-refractivity contribution in [3.05, 3.63) is 65.5 Å². The van der Waals surface area contributed by atoms with Crippen molar-refractivity contribution in [1.29, 1.82) is 0 Å². The van der Waals surface area contributed by atoms with Gasteiger partial charge in [-0.2, -0.15) is 0 Å². The molecule has 0 spiro atoms. The van der Waals surface area contributed by atoms with E-state index in [1.807, 2.05) is 31.2 Å². The first-order chi connectivity index (χ1) is 11.6. The van der Waals surface area contributed by atoms with Crippen LogP contribution < -0.4 is 5.32 Å². The summed E-state index contributed by atoms with van der Waals surface area (Å²) in [6, 6.07) is 15.2.